The Kier molecular flexibility index (Phi) is 5.86. The first-order valence-corrected chi connectivity index (χ1v) is 9.52. The third-order valence-corrected chi connectivity index (χ3v) is 4.79. The highest BCUT2D eigenvalue weighted by Gasteiger charge is 2.13. The van der Waals surface area contributed by atoms with Gasteiger partial charge in [0.15, 0.2) is 11.6 Å². The first kappa shape index (κ1) is 19.4. The van der Waals surface area contributed by atoms with Crippen LogP contribution in [0, 0.1) is 12.7 Å². The number of halogens is 3. The third kappa shape index (κ3) is 4.70. The van der Waals surface area contributed by atoms with Crippen molar-refractivity contribution in [1.29, 1.82) is 0 Å². The van der Waals surface area contributed by atoms with Gasteiger partial charge in [0.05, 0.1) is 15.7 Å². The molecule has 0 spiro atoms. The monoisotopic (exact) mass is 492 g/mol. The van der Waals surface area contributed by atoms with Gasteiger partial charge in [-0.2, -0.15) is 5.10 Å². The molecule has 27 heavy (non-hydrogen) atoms. The first-order chi connectivity index (χ1) is 12.8. The van der Waals surface area contributed by atoms with Crippen LogP contribution in [0.1, 0.15) is 18.2 Å². The molecule has 2 aromatic carbocycles. The molecule has 1 heterocycles. The van der Waals surface area contributed by atoms with Crippen LogP contribution in [0.25, 0.3) is 11.4 Å². The molecule has 0 unspecified atom stereocenters. The molecule has 5 nitrogen and oxygen atoms in total. The fourth-order valence-corrected chi connectivity index (χ4v) is 3.60. The van der Waals surface area contributed by atoms with Crippen LogP contribution < -0.4 is 5.43 Å². The van der Waals surface area contributed by atoms with E-state index in [-0.39, 0.29) is 11.6 Å². The standard InChI is InChI=1S/C19H15Br2FN4O/c1-10-7-17(26-25-11(2)12-3-5-14(22)6-4-12)24-19(23-10)15-8-13(20)9-16(21)18(15)27/h3-9,27H,1-2H3,(H,23,24,26)/b25-11+. The summed E-state index contributed by atoms with van der Waals surface area (Å²) in [5.74, 6) is 0.609. The van der Waals surface area contributed by atoms with E-state index in [1.807, 2.05) is 13.8 Å². The molecule has 0 saturated carbocycles. The summed E-state index contributed by atoms with van der Waals surface area (Å²) in [5.41, 5.74) is 5.58. The van der Waals surface area contributed by atoms with Gasteiger partial charge in [0.1, 0.15) is 11.6 Å². The second-order valence-corrected chi connectivity index (χ2v) is 7.59. The third-order valence-electron chi connectivity index (χ3n) is 3.72. The number of phenols is 1. The summed E-state index contributed by atoms with van der Waals surface area (Å²) in [5, 5.41) is 14.6. The Labute approximate surface area is 172 Å². The zero-order valence-corrected chi connectivity index (χ0v) is 17.6. The zero-order valence-electron chi connectivity index (χ0n) is 14.5. The highest BCUT2D eigenvalue weighted by molar-refractivity contribution is 9.11. The number of hydrogen-bond acceptors (Lipinski definition) is 5. The van der Waals surface area contributed by atoms with Gasteiger partial charge in [-0.15, -0.1) is 0 Å². The number of aromatic nitrogens is 2. The van der Waals surface area contributed by atoms with Gasteiger partial charge in [-0.1, -0.05) is 28.1 Å². The van der Waals surface area contributed by atoms with Crippen molar-refractivity contribution >= 4 is 43.4 Å². The molecule has 0 radical (unpaired) electrons. The number of hydrazone groups is 1. The number of phenolic OH excluding ortho intramolecular Hbond substituents is 1. The number of aromatic hydroxyl groups is 1. The van der Waals surface area contributed by atoms with E-state index in [0.717, 1.165) is 10.0 Å². The molecular formula is C19H15Br2FN4O. The van der Waals surface area contributed by atoms with Crippen LogP contribution in [0.4, 0.5) is 10.2 Å². The second-order valence-electron chi connectivity index (χ2n) is 5.82. The van der Waals surface area contributed by atoms with E-state index >= 15 is 0 Å². The van der Waals surface area contributed by atoms with Crippen LogP contribution >= 0.6 is 31.9 Å². The summed E-state index contributed by atoms with van der Waals surface area (Å²) in [6.07, 6.45) is 0. The zero-order chi connectivity index (χ0) is 19.6. The fourth-order valence-electron chi connectivity index (χ4n) is 2.38. The number of hydrogen-bond donors (Lipinski definition) is 2. The molecule has 1 aromatic heterocycles. The van der Waals surface area contributed by atoms with E-state index in [9.17, 15) is 9.50 Å². The van der Waals surface area contributed by atoms with Crippen molar-refractivity contribution in [1.82, 2.24) is 9.97 Å². The van der Waals surface area contributed by atoms with Crippen molar-refractivity contribution < 1.29 is 9.50 Å². The lowest BCUT2D eigenvalue weighted by molar-refractivity contribution is 0.473. The summed E-state index contributed by atoms with van der Waals surface area (Å²) in [4.78, 5) is 8.83. The highest BCUT2D eigenvalue weighted by Crippen LogP contribution is 2.37. The van der Waals surface area contributed by atoms with Crippen molar-refractivity contribution in [3.63, 3.8) is 0 Å². The van der Waals surface area contributed by atoms with Gasteiger partial charge < -0.3 is 5.11 Å². The Morgan fingerprint density at radius 1 is 1.11 bits per heavy atom. The maximum absolute atomic E-state index is 13.0. The van der Waals surface area contributed by atoms with Crippen molar-refractivity contribution in [3.8, 4) is 17.1 Å². The van der Waals surface area contributed by atoms with Gasteiger partial charge in [-0.3, -0.25) is 5.43 Å². The molecule has 8 heteroatoms. The fraction of sp³-hybridized carbons (Fsp3) is 0.105. The number of anilines is 1. The summed E-state index contributed by atoms with van der Waals surface area (Å²) in [7, 11) is 0. The topological polar surface area (TPSA) is 70.4 Å². The number of nitrogens with one attached hydrogen (secondary N) is 1. The van der Waals surface area contributed by atoms with Crippen LogP contribution in [-0.2, 0) is 0 Å². The minimum absolute atomic E-state index is 0.0562. The van der Waals surface area contributed by atoms with Gasteiger partial charge in [-0.05, 0) is 59.6 Å². The Morgan fingerprint density at radius 2 is 1.81 bits per heavy atom. The highest BCUT2D eigenvalue weighted by atomic mass is 79.9. The maximum Gasteiger partial charge on any atom is 0.165 e. The average Bonchev–Trinajstić information content (AvgIpc) is 2.63. The molecule has 0 bridgehead atoms. The van der Waals surface area contributed by atoms with E-state index < -0.39 is 0 Å². The van der Waals surface area contributed by atoms with Gasteiger partial charge in [0.2, 0.25) is 0 Å². The van der Waals surface area contributed by atoms with Gasteiger partial charge in [0, 0.05) is 16.2 Å². The number of benzene rings is 2. The molecule has 0 aliphatic heterocycles. The summed E-state index contributed by atoms with van der Waals surface area (Å²) < 4.78 is 14.4. The molecule has 2 N–H and O–H groups in total. The smallest absolute Gasteiger partial charge is 0.165 e. The molecule has 0 aliphatic rings. The number of nitrogens with zero attached hydrogens (tertiary/aromatic N) is 3. The van der Waals surface area contributed by atoms with Crippen LogP contribution in [0.2, 0.25) is 0 Å². The molecule has 0 fully saturated rings. The minimum atomic E-state index is -0.296. The minimum Gasteiger partial charge on any atom is -0.506 e. The molecule has 0 aliphatic carbocycles. The van der Waals surface area contributed by atoms with Gasteiger partial charge in [-0.25, -0.2) is 14.4 Å². The van der Waals surface area contributed by atoms with Crippen molar-refractivity contribution in [2.45, 2.75) is 13.8 Å². The lowest BCUT2D eigenvalue weighted by atomic mass is 10.1. The van der Waals surface area contributed by atoms with Gasteiger partial charge >= 0.3 is 0 Å². The largest absolute Gasteiger partial charge is 0.506 e. The van der Waals surface area contributed by atoms with Crippen molar-refractivity contribution in [3.05, 3.63) is 68.5 Å². The van der Waals surface area contributed by atoms with Crippen molar-refractivity contribution in [2.24, 2.45) is 5.10 Å². The lowest BCUT2D eigenvalue weighted by Crippen LogP contribution is -2.03. The van der Waals surface area contributed by atoms with Crippen LogP contribution in [0.15, 0.2) is 56.5 Å². The summed E-state index contributed by atoms with van der Waals surface area (Å²) >= 11 is 6.71. The van der Waals surface area contributed by atoms with E-state index in [0.29, 0.717) is 33.1 Å². The molecule has 3 aromatic rings. The Morgan fingerprint density at radius 3 is 2.52 bits per heavy atom. The molecule has 138 valence electrons. The van der Waals surface area contributed by atoms with Crippen LogP contribution in [-0.4, -0.2) is 20.8 Å². The summed E-state index contributed by atoms with van der Waals surface area (Å²) in [6.45, 7) is 3.64. The normalized spacial score (nSPS) is 11.5. The second kappa shape index (κ2) is 8.14. The van der Waals surface area contributed by atoms with Gasteiger partial charge in [0.25, 0.3) is 0 Å². The van der Waals surface area contributed by atoms with Crippen molar-refractivity contribution in [2.75, 3.05) is 5.43 Å². The Hall–Kier alpha value is -2.32. The van der Waals surface area contributed by atoms with E-state index in [2.05, 4.69) is 52.4 Å². The predicted octanol–water partition coefficient (Wildman–Crippen LogP) is 5.66. The SMILES string of the molecule is C/C(=N\Nc1cc(C)nc(-c2cc(Br)cc(Br)c2O)n1)c1ccc(F)cc1. The predicted molar refractivity (Wildman–Crippen MR) is 112 cm³/mol. The number of aryl methyl sites for hydroxylation is 1. The number of rotatable bonds is 4. The first-order valence-electron chi connectivity index (χ1n) is 7.94. The molecule has 0 atom stereocenters. The van der Waals surface area contributed by atoms with E-state index in [1.165, 1.54) is 12.1 Å². The maximum atomic E-state index is 13.0. The average molecular weight is 494 g/mol. The van der Waals surface area contributed by atoms with E-state index in [1.54, 1.807) is 30.3 Å². The van der Waals surface area contributed by atoms with Crippen LogP contribution in [0.5, 0.6) is 5.75 Å². The molecule has 3 rings (SSSR count). The Bertz CT molecular complexity index is 1020. The Balaban J connectivity index is 1.92. The summed E-state index contributed by atoms with van der Waals surface area (Å²) in [6, 6.07) is 11.3. The quantitative estimate of drug-likeness (QED) is 0.363. The molecule has 0 amide bonds. The molecule has 0 saturated heterocycles. The lowest BCUT2D eigenvalue weighted by Gasteiger charge is -2.09. The van der Waals surface area contributed by atoms with E-state index in [4.69, 9.17) is 0 Å². The van der Waals surface area contributed by atoms with Crippen LogP contribution in [0.3, 0.4) is 0 Å². The molecular weight excluding hydrogens is 479 g/mol.